The lowest BCUT2D eigenvalue weighted by Gasteiger charge is -2.18. The second-order valence-corrected chi connectivity index (χ2v) is 7.33. The van der Waals surface area contributed by atoms with E-state index in [2.05, 4.69) is 37.9 Å². The van der Waals surface area contributed by atoms with Crippen LogP contribution in [0.3, 0.4) is 0 Å². The number of pyridine rings is 1. The van der Waals surface area contributed by atoms with E-state index in [1.54, 1.807) is 16.7 Å². The summed E-state index contributed by atoms with van der Waals surface area (Å²) in [5, 5.41) is 0.871. The molecule has 0 bridgehead atoms. The number of imidazole rings is 1. The number of aldehydes is 1. The number of carbonyl (C=O) groups is 1. The summed E-state index contributed by atoms with van der Waals surface area (Å²) in [5.41, 5.74) is 3.72. The van der Waals surface area contributed by atoms with Gasteiger partial charge in [-0.2, -0.15) is 0 Å². The zero-order chi connectivity index (χ0) is 16.8. The highest BCUT2D eigenvalue weighted by Crippen LogP contribution is 2.30. The van der Waals surface area contributed by atoms with Gasteiger partial charge in [-0.3, -0.25) is 9.20 Å². The molecule has 2 heterocycles. The first kappa shape index (κ1) is 16.0. The van der Waals surface area contributed by atoms with Crippen molar-refractivity contribution in [2.24, 2.45) is 0 Å². The Bertz CT molecular complexity index is 890. The number of carbonyl (C=O) groups excluding carboxylic acids is 1. The number of halogens is 2. The minimum atomic E-state index is 0.0712. The van der Waals surface area contributed by atoms with Crippen LogP contribution in [0.4, 0.5) is 0 Å². The Labute approximate surface area is 144 Å². The fourth-order valence-electron chi connectivity index (χ4n) is 2.54. The summed E-state index contributed by atoms with van der Waals surface area (Å²) >= 11 is 12.2. The van der Waals surface area contributed by atoms with Crippen molar-refractivity contribution in [3.05, 3.63) is 57.8 Å². The Kier molecular flexibility index (Phi) is 3.95. The molecule has 0 aliphatic heterocycles. The van der Waals surface area contributed by atoms with Crippen LogP contribution in [0.25, 0.3) is 16.9 Å². The third-order valence-corrected chi connectivity index (χ3v) is 4.30. The minimum Gasteiger partial charge on any atom is -0.296 e. The lowest BCUT2D eigenvalue weighted by Crippen LogP contribution is -2.10. The van der Waals surface area contributed by atoms with Crippen LogP contribution in [0.5, 0.6) is 0 Å². The molecular formula is C18H16Cl2N2O. The third-order valence-electron chi connectivity index (χ3n) is 3.81. The van der Waals surface area contributed by atoms with E-state index in [9.17, 15) is 4.79 Å². The molecule has 118 valence electrons. The summed E-state index contributed by atoms with van der Waals surface area (Å²) in [6.45, 7) is 6.47. The summed E-state index contributed by atoms with van der Waals surface area (Å²) in [5.74, 6) is 0. The van der Waals surface area contributed by atoms with Gasteiger partial charge in [0.05, 0.1) is 10.0 Å². The number of aromatic nitrogens is 2. The fourth-order valence-corrected chi connectivity index (χ4v) is 3.06. The SMILES string of the molecule is CC(C)(C)c1ccc(-c2nc3c(Cl)cc(Cl)cn3c2C=O)cc1. The minimum absolute atomic E-state index is 0.0712. The number of hydrogen-bond acceptors (Lipinski definition) is 2. The van der Waals surface area contributed by atoms with Crippen LogP contribution in [0.2, 0.25) is 10.0 Å². The van der Waals surface area contributed by atoms with E-state index < -0.39 is 0 Å². The third kappa shape index (κ3) is 2.87. The first-order valence-electron chi connectivity index (χ1n) is 7.24. The van der Waals surface area contributed by atoms with E-state index >= 15 is 0 Å². The van der Waals surface area contributed by atoms with Gasteiger partial charge in [0.25, 0.3) is 0 Å². The topological polar surface area (TPSA) is 34.4 Å². The summed E-state index contributed by atoms with van der Waals surface area (Å²) < 4.78 is 1.63. The van der Waals surface area contributed by atoms with Crippen LogP contribution in [0.15, 0.2) is 36.5 Å². The molecule has 3 aromatic rings. The Morgan fingerprint density at radius 3 is 2.35 bits per heavy atom. The van der Waals surface area contributed by atoms with E-state index in [1.165, 1.54) is 5.56 Å². The van der Waals surface area contributed by atoms with Gasteiger partial charge in [0.2, 0.25) is 0 Å². The van der Waals surface area contributed by atoms with Gasteiger partial charge < -0.3 is 0 Å². The van der Waals surface area contributed by atoms with Crippen LogP contribution in [-0.4, -0.2) is 15.7 Å². The molecule has 2 aromatic heterocycles. The number of hydrogen-bond donors (Lipinski definition) is 0. The Morgan fingerprint density at radius 2 is 1.78 bits per heavy atom. The molecule has 0 amide bonds. The van der Waals surface area contributed by atoms with Crippen molar-refractivity contribution in [2.75, 3.05) is 0 Å². The van der Waals surface area contributed by atoms with Gasteiger partial charge >= 0.3 is 0 Å². The van der Waals surface area contributed by atoms with Gasteiger partial charge in [0.15, 0.2) is 11.9 Å². The first-order valence-corrected chi connectivity index (χ1v) is 8.00. The zero-order valence-electron chi connectivity index (χ0n) is 13.1. The second kappa shape index (κ2) is 5.66. The molecule has 23 heavy (non-hydrogen) atoms. The van der Waals surface area contributed by atoms with Gasteiger partial charge in [-0.15, -0.1) is 0 Å². The van der Waals surface area contributed by atoms with Crippen molar-refractivity contribution in [3.8, 4) is 11.3 Å². The van der Waals surface area contributed by atoms with E-state index in [4.69, 9.17) is 23.2 Å². The molecule has 0 aliphatic carbocycles. The average Bonchev–Trinajstić information content (AvgIpc) is 2.85. The maximum Gasteiger partial charge on any atom is 0.169 e. The Balaban J connectivity index is 2.20. The van der Waals surface area contributed by atoms with E-state index in [0.29, 0.717) is 27.1 Å². The monoisotopic (exact) mass is 346 g/mol. The molecule has 0 spiro atoms. The fraction of sp³-hybridized carbons (Fsp3) is 0.222. The summed E-state index contributed by atoms with van der Waals surface area (Å²) in [6.07, 6.45) is 2.42. The van der Waals surface area contributed by atoms with Gasteiger partial charge in [-0.25, -0.2) is 4.98 Å². The standard InChI is InChI=1S/C18H16Cl2N2O/c1-18(2,3)12-6-4-11(5-7-12)16-15(10-23)22-9-13(19)8-14(20)17(22)21-16/h4-10H,1-3H3. The lowest BCUT2D eigenvalue weighted by atomic mass is 9.86. The number of benzene rings is 1. The molecule has 0 atom stereocenters. The molecule has 0 saturated carbocycles. The van der Waals surface area contributed by atoms with Crippen molar-refractivity contribution < 1.29 is 4.79 Å². The highest BCUT2D eigenvalue weighted by molar-refractivity contribution is 6.36. The number of nitrogens with zero attached hydrogens (tertiary/aromatic N) is 2. The summed E-state index contributed by atoms with van der Waals surface area (Å²) in [4.78, 5) is 16.1. The molecular weight excluding hydrogens is 331 g/mol. The van der Waals surface area contributed by atoms with Crippen LogP contribution in [0, 0.1) is 0 Å². The first-order chi connectivity index (χ1) is 10.8. The largest absolute Gasteiger partial charge is 0.296 e. The molecule has 1 aromatic carbocycles. The van der Waals surface area contributed by atoms with Gasteiger partial charge in [0.1, 0.15) is 11.4 Å². The maximum absolute atomic E-state index is 11.6. The highest BCUT2D eigenvalue weighted by atomic mass is 35.5. The van der Waals surface area contributed by atoms with Crippen LogP contribution >= 0.6 is 23.2 Å². The van der Waals surface area contributed by atoms with Crippen molar-refractivity contribution in [1.29, 1.82) is 0 Å². The second-order valence-electron chi connectivity index (χ2n) is 6.49. The molecule has 0 radical (unpaired) electrons. The van der Waals surface area contributed by atoms with Crippen molar-refractivity contribution in [1.82, 2.24) is 9.38 Å². The number of fused-ring (bicyclic) bond motifs is 1. The maximum atomic E-state index is 11.6. The van der Waals surface area contributed by atoms with Crippen LogP contribution in [-0.2, 0) is 5.41 Å². The van der Waals surface area contributed by atoms with E-state index in [1.807, 2.05) is 12.1 Å². The van der Waals surface area contributed by atoms with E-state index in [0.717, 1.165) is 11.8 Å². The average molecular weight is 347 g/mol. The quantitative estimate of drug-likeness (QED) is 0.580. The van der Waals surface area contributed by atoms with Crippen LogP contribution in [0.1, 0.15) is 36.8 Å². The molecule has 0 saturated heterocycles. The van der Waals surface area contributed by atoms with Crippen molar-refractivity contribution in [2.45, 2.75) is 26.2 Å². The predicted octanol–water partition coefficient (Wildman–Crippen LogP) is 5.42. The molecule has 0 fully saturated rings. The van der Waals surface area contributed by atoms with Crippen molar-refractivity contribution >= 4 is 35.1 Å². The van der Waals surface area contributed by atoms with Crippen molar-refractivity contribution in [3.63, 3.8) is 0 Å². The molecule has 3 nitrogen and oxygen atoms in total. The van der Waals surface area contributed by atoms with Gasteiger partial charge in [-0.05, 0) is 17.0 Å². The molecule has 0 unspecified atom stereocenters. The van der Waals surface area contributed by atoms with E-state index in [-0.39, 0.29) is 5.41 Å². The molecule has 0 N–H and O–H groups in total. The zero-order valence-corrected chi connectivity index (χ0v) is 14.6. The number of rotatable bonds is 2. The predicted molar refractivity (Wildman–Crippen MR) is 94.7 cm³/mol. The molecule has 0 aliphatic rings. The lowest BCUT2D eigenvalue weighted by molar-refractivity contribution is 0.111. The van der Waals surface area contributed by atoms with Crippen LogP contribution < -0.4 is 0 Å². The normalized spacial score (nSPS) is 11.9. The smallest absolute Gasteiger partial charge is 0.169 e. The van der Waals surface area contributed by atoms with Gasteiger partial charge in [0, 0.05) is 11.8 Å². The Morgan fingerprint density at radius 1 is 1.13 bits per heavy atom. The summed E-state index contributed by atoms with van der Waals surface area (Å²) in [6, 6.07) is 9.69. The highest BCUT2D eigenvalue weighted by Gasteiger charge is 2.18. The van der Waals surface area contributed by atoms with Gasteiger partial charge in [-0.1, -0.05) is 68.2 Å². The molecule has 3 rings (SSSR count). The Hall–Kier alpha value is -1.84. The molecule has 5 heteroatoms. The summed E-state index contributed by atoms with van der Waals surface area (Å²) in [7, 11) is 0.